The quantitative estimate of drug-likeness (QED) is 0.508. The van der Waals surface area contributed by atoms with E-state index in [1.165, 1.54) is 25.7 Å². The van der Waals surface area contributed by atoms with Crippen LogP contribution in [0.25, 0.3) is 0 Å². The van der Waals surface area contributed by atoms with Gasteiger partial charge in [-0.15, -0.1) is 0 Å². The number of carbonyl (C=O) groups excluding carboxylic acids is 1. The molecule has 0 radical (unpaired) electrons. The lowest BCUT2D eigenvalue weighted by Gasteiger charge is -2.03. The summed E-state index contributed by atoms with van der Waals surface area (Å²) in [6, 6.07) is 1.74. The number of hydrogen-bond donors (Lipinski definition) is 0. The van der Waals surface area contributed by atoms with Gasteiger partial charge in [0.15, 0.2) is 0 Å². The highest BCUT2D eigenvalue weighted by Gasteiger charge is 2.14. The van der Waals surface area contributed by atoms with Crippen LogP contribution < -0.4 is 0 Å². The summed E-state index contributed by atoms with van der Waals surface area (Å²) in [5.74, 6) is 1.12. The molecule has 1 heterocycles. The number of hydrogen-bond acceptors (Lipinski definition) is 3. The van der Waals surface area contributed by atoms with Crippen LogP contribution in [-0.2, 0) is 4.74 Å². The molecule has 0 aliphatic carbocycles. The maximum Gasteiger partial charge on any atom is 0.341 e. The third-order valence-corrected chi connectivity index (χ3v) is 2.99. The monoisotopic (exact) mass is 252 g/mol. The van der Waals surface area contributed by atoms with Crippen molar-refractivity contribution in [2.45, 2.75) is 59.3 Å². The second-order valence-corrected chi connectivity index (χ2v) is 4.73. The summed E-state index contributed by atoms with van der Waals surface area (Å²) < 4.78 is 10.5. The largest absolute Gasteiger partial charge is 0.466 e. The highest BCUT2D eigenvalue weighted by molar-refractivity contribution is 5.90. The fraction of sp³-hybridized carbons (Fsp3) is 0.667. The first-order valence-electron chi connectivity index (χ1n) is 6.89. The number of carbonyl (C=O) groups is 1. The van der Waals surface area contributed by atoms with E-state index in [4.69, 9.17) is 9.15 Å². The Morgan fingerprint density at radius 1 is 1.17 bits per heavy atom. The van der Waals surface area contributed by atoms with Crippen LogP contribution in [0, 0.1) is 13.8 Å². The van der Waals surface area contributed by atoms with Gasteiger partial charge in [0.2, 0.25) is 0 Å². The molecule has 18 heavy (non-hydrogen) atoms. The zero-order valence-corrected chi connectivity index (χ0v) is 11.8. The van der Waals surface area contributed by atoms with E-state index in [1.807, 2.05) is 6.92 Å². The molecule has 0 amide bonds. The van der Waals surface area contributed by atoms with Crippen molar-refractivity contribution in [2.75, 3.05) is 6.61 Å². The number of rotatable bonds is 8. The Morgan fingerprint density at radius 3 is 2.44 bits per heavy atom. The normalized spacial score (nSPS) is 10.6. The van der Waals surface area contributed by atoms with Gasteiger partial charge in [-0.2, -0.15) is 0 Å². The average molecular weight is 252 g/mol. The van der Waals surface area contributed by atoms with E-state index in [0.29, 0.717) is 17.9 Å². The minimum Gasteiger partial charge on any atom is -0.466 e. The summed E-state index contributed by atoms with van der Waals surface area (Å²) in [6.07, 6.45) is 7.16. The molecule has 0 saturated heterocycles. The van der Waals surface area contributed by atoms with Gasteiger partial charge >= 0.3 is 5.97 Å². The molecule has 1 aromatic heterocycles. The van der Waals surface area contributed by atoms with E-state index in [9.17, 15) is 4.79 Å². The average Bonchev–Trinajstić information content (AvgIpc) is 2.67. The Kier molecular flexibility index (Phi) is 6.55. The highest BCUT2D eigenvalue weighted by Crippen LogP contribution is 2.15. The number of ether oxygens (including phenoxy) is 1. The third kappa shape index (κ3) is 4.94. The van der Waals surface area contributed by atoms with Crippen LogP contribution >= 0.6 is 0 Å². The fourth-order valence-electron chi connectivity index (χ4n) is 1.96. The zero-order valence-electron chi connectivity index (χ0n) is 11.8. The number of aryl methyl sites for hydroxylation is 2. The van der Waals surface area contributed by atoms with Crippen LogP contribution in [0.5, 0.6) is 0 Å². The molecular weight excluding hydrogens is 228 g/mol. The SMILES string of the molecule is CCCCCCCCOC(=O)c1cc(C)oc1C. The molecule has 0 aliphatic heterocycles. The molecule has 0 bridgehead atoms. The zero-order chi connectivity index (χ0) is 13.4. The van der Waals surface area contributed by atoms with E-state index in [2.05, 4.69) is 6.92 Å². The summed E-state index contributed by atoms with van der Waals surface area (Å²) in [5.41, 5.74) is 0.554. The maximum absolute atomic E-state index is 11.7. The maximum atomic E-state index is 11.7. The Hall–Kier alpha value is -1.25. The van der Waals surface area contributed by atoms with Gasteiger partial charge in [0.25, 0.3) is 0 Å². The van der Waals surface area contributed by atoms with Gasteiger partial charge < -0.3 is 9.15 Å². The summed E-state index contributed by atoms with van der Waals surface area (Å²) in [5, 5.41) is 0. The van der Waals surface area contributed by atoms with Gasteiger partial charge in [0.05, 0.1) is 6.61 Å². The Morgan fingerprint density at radius 2 is 1.83 bits per heavy atom. The molecule has 0 aliphatic rings. The molecule has 0 unspecified atom stereocenters. The standard InChI is InChI=1S/C15H24O3/c1-4-5-6-7-8-9-10-17-15(16)14-11-12(2)18-13(14)3/h11H,4-10H2,1-3H3. The number of esters is 1. The molecule has 1 rings (SSSR count). The lowest BCUT2D eigenvalue weighted by Crippen LogP contribution is -2.06. The number of unbranched alkanes of at least 4 members (excludes halogenated alkanes) is 5. The summed E-state index contributed by atoms with van der Waals surface area (Å²) in [7, 11) is 0. The van der Waals surface area contributed by atoms with Crippen molar-refractivity contribution in [3.63, 3.8) is 0 Å². The molecule has 0 spiro atoms. The van der Waals surface area contributed by atoms with Crippen molar-refractivity contribution < 1.29 is 13.9 Å². The van der Waals surface area contributed by atoms with Gasteiger partial charge in [-0.1, -0.05) is 39.0 Å². The van der Waals surface area contributed by atoms with Crippen molar-refractivity contribution in [1.29, 1.82) is 0 Å². The molecule has 0 N–H and O–H groups in total. The van der Waals surface area contributed by atoms with Gasteiger partial charge in [-0.05, 0) is 26.3 Å². The van der Waals surface area contributed by atoms with Crippen molar-refractivity contribution >= 4 is 5.97 Å². The fourth-order valence-corrected chi connectivity index (χ4v) is 1.96. The van der Waals surface area contributed by atoms with Crippen molar-refractivity contribution in [1.82, 2.24) is 0 Å². The van der Waals surface area contributed by atoms with Crippen LogP contribution in [0.2, 0.25) is 0 Å². The Bertz CT molecular complexity index is 366. The van der Waals surface area contributed by atoms with Crippen LogP contribution in [0.1, 0.15) is 67.3 Å². The first kappa shape index (κ1) is 14.8. The molecule has 102 valence electrons. The highest BCUT2D eigenvalue weighted by atomic mass is 16.5. The van der Waals surface area contributed by atoms with Crippen molar-refractivity contribution in [2.24, 2.45) is 0 Å². The van der Waals surface area contributed by atoms with Crippen LogP contribution in [-0.4, -0.2) is 12.6 Å². The molecule has 3 nitrogen and oxygen atoms in total. The van der Waals surface area contributed by atoms with E-state index in [1.54, 1.807) is 13.0 Å². The minimum absolute atomic E-state index is 0.266. The van der Waals surface area contributed by atoms with Crippen LogP contribution in [0.3, 0.4) is 0 Å². The minimum atomic E-state index is -0.266. The second kappa shape index (κ2) is 7.96. The van der Waals surface area contributed by atoms with Crippen molar-refractivity contribution in [3.8, 4) is 0 Å². The topological polar surface area (TPSA) is 39.4 Å². The molecule has 0 saturated carbocycles. The molecule has 3 heteroatoms. The third-order valence-electron chi connectivity index (χ3n) is 2.99. The Balaban J connectivity index is 2.16. The van der Waals surface area contributed by atoms with E-state index >= 15 is 0 Å². The van der Waals surface area contributed by atoms with Gasteiger partial charge in [-0.3, -0.25) is 0 Å². The predicted octanol–water partition coefficient (Wildman–Crippen LogP) is 4.41. The molecule has 0 atom stereocenters. The molecule has 0 aromatic carbocycles. The van der Waals surface area contributed by atoms with Crippen LogP contribution in [0.4, 0.5) is 0 Å². The molecular formula is C15H24O3. The van der Waals surface area contributed by atoms with E-state index in [0.717, 1.165) is 18.6 Å². The van der Waals surface area contributed by atoms with E-state index < -0.39 is 0 Å². The van der Waals surface area contributed by atoms with Gasteiger partial charge in [0.1, 0.15) is 17.1 Å². The molecule has 0 fully saturated rings. The lowest BCUT2D eigenvalue weighted by molar-refractivity contribution is 0.0495. The summed E-state index contributed by atoms with van der Waals surface area (Å²) >= 11 is 0. The van der Waals surface area contributed by atoms with Gasteiger partial charge in [0, 0.05) is 0 Å². The van der Waals surface area contributed by atoms with Gasteiger partial charge in [-0.25, -0.2) is 4.79 Å². The summed E-state index contributed by atoms with van der Waals surface area (Å²) in [4.78, 5) is 11.7. The first-order valence-corrected chi connectivity index (χ1v) is 6.89. The summed E-state index contributed by atoms with van der Waals surface area (Å²) in [6.45, 7) is 6.33. The Labute approximate surface area is 110 Å². The second-order valence-electron chi connectivity index (χ2n) is 4.73. The van der Waals surface area contributed by atoms with E-state index in [-0.39, 0.29) is 5.97 Å². The number of furan rings is 1. The van der Waals surface area contributed by atoms with Crippen LogP contribution in [0.15, 0.2) is 10.5 Å². The smallest absolute Gasteiger partial charge is 0.341 e. The lowest BCUT2D eigenvalue weighted by atomic mass is 10.1. The van der Waals surface area contributed by atoms with Crippen molar-refractivity contribution in [3.05, 3.63) is 23.2 Å². The first-order chi connectivity index (χ1) is 8.65. The molecule has 1 aromatic rings. The predicted molar refractivity (Wildman–Crippen MR) is 71.8 cm³/mol.